The van der Waals surface area contributed by atoms with Crippen LogP contribution in [-0.4, -0.2) is 43.2 Å². The van der Waals surface area contributed by atoms with E-state index >= 15 is 0 Å². The molecule has 1 saturated heterocycles. The quantitative estimate of drug-likeness (QED) is 0.814. The number of nitrogens with one attached hydrogen (secondary N) is 1. The smallest absolute Gasteiger partial charge is 0.234 e. The number of nitrogens with zero attached hydrogens (tertiary/aromatic N) is 1. The van der Waals surface area contributed by atoms with Crippen molar-refractivity contribution in [3.05, 3.63) is 34.9 Å². The normalized spacial score (nSPS) is 17.9. The topological polar surface area (TPSA) is 41.6 Å². The van der Waals surface area contributed by atoms with Crippen molar-refractivity contribution >= 4 is 17.5 Å². The van der Waals surface area contributed by atoms with Crippen molar-refractivity contribution < 1.29 is 9.53 Å². The summed E-state index contributed by atoms with van der Waals surface area (Å²) in [7, 11) is 0. The number of hydrogen-bond acceptors (Lipinski definition) is 3. The zero-order chi connectivity index (χ0) is 17.5. The van der Waals surface area contributed by atoms with E-state index in [9.17, 15) is 4.79 Å². The van der Waals surface area contributed by atoms with Gasteiger partial charge in [0.05, 0.1) is 18.7 Å². The number of halogens is 1. The molecule has 1 fully saturated rings. The third-order valence-corrected chi connectivity index (χ3v) is 4.57. The summed E-state index contributed by atoms with van der Waals surface area (Å²) >= 11 is 5.90. The number of rotatable bonds is 7. The van der Waals surface area contributed by atoms with E-state index in [0.29, 0.717) is 23.6 Å². The third-order valence-electron chi connectivity index (χ3n) is 4.31. The Balaban J connectivity index is 1.70. The molecule has 2 rings (SSSR count). The highest BCUT2D eigenvalue weighted by Crippen LogP contribution is 2.17. The Kier molecular flexibility index (Phi) is 7.53. The SMILES string of the molecule is CC(C)COC1CCN(CC(=O)NC(C)c2ccc(Cl)cc2)CC1. The van der Waals surface area contributed by atoms with Crippen LogP contribution in [0, 0.1) is 5.92 Å². The van der Waals surface area contributed by atoms with Crippen molar-refractivity contribution in [1.82, 2.24) is 10.2 Å². The van der Waals surface area contributed by atoms with E-state index in [-0.39, 0.29) is 11.9 Å². The van der Waals surface area contributed by atoms with Crippen LogP contribution in [0.15, 0.2) is 24.3 Å². The van der Waals surface area contributed by atoms with E-state index in [0.717, 1.165) is 38.1 Å². The highest BCUT2D eigenvalue weighted by atomic mass is 35.5. The van der Waals surface area contributed by atoms with Gasteiger partial charge in [-0.25, -0.2) is 0 Å². The van der Waals surface area contributed by atoms with E-state index in [4.69, 9.17) is 16.3 Å². The summed E-state index contributed by atoms with van der Waals surface area (Å²) in [6.07, 6.45) is 2.36. The third kappa shape index (κ3) is 6.42. The fraction of sp³-hybridized carbons (Fsp3) is 0.632. The molecule has 0 saturated carbocycles. The van der Waals surface area contributed by atoms with Crippen LogP contribution in [0.2, 0.25) is 5.02 Å². The number of piperidine rings is 1. The Bertz CT molecular complexity index is 511. The molecule has 1 aliphatic heterocycles. The fourth-order valence-corrected chi connectivity index (χ4v) is 3.01. The summed E-state index contributed by atoms with van der Waals surface area (Å²) in [4.78, 5) is 14.5. The summed E-state index contributed by atoms with van der Waals surface area (Å²) in [5.41, 5.74) is 1.06. The molecule has 1 atom stereocenters. The Morgan fingerprint density at radius 1 is 1.25 bits per heavy atom. The molecule has 0 spiro atoms. The van der Waals surface area contributed by atoms with Crippen molar-refractivity contribution in [3.63, 3.8) is 0 Å². The number of carbonyl (C=O) groups is 1. The lowest BCUT2D eigenvalue weighted by Crippen LogP contribution is -2.43. The van der Waals surface area contributed by atoms with Gasteiger partial charge in [-0.15, -0.1) is 0 Å². The zero-order valence-corrected chi connectivity index (χ0v) is 15.7. The lowest BCUT2D eigenvalue weighted by molar-refractivity contribution is -0.123. The second kappa shape index (κ2) is 9.40. The van der Waals surface area contributed by atoms with Crippen LogP contribution in [0.25, 0.3) is 0 Å². The minimum absolute atomic E-state index is 0.0123. The average Bonchev–Trinajstić information content (AvgIpc) is 2.54. The number of likely N-dealkylation sites (tertiary alicyclic amines) is 1. The highest BCUT2D eigenvalue weighted by molar-refractivity contribution is 6.30. The van der Waals surface area contributed by atoms with Crippen molar-refractivity contribution in [2.75, 3.05) is 26.2 Å². The van der Waals surface area contributed by atoms with Crippen LogP contribution in [0.4, 0.5) is 0 Å². The summed E-state index contributed by atoms with van der Waals surface area (Å²) in [5, 5.41) is 3.77. The standard InChI is InChI=1S/C19H29ClN2O2/c1-14(2)13-24-18-8-10-22(11-9-18)12-19(23)21-15(3)16-4-6-17(20)7-5-16/h4-7,14-15,18H,8-13H2,1-3H3,(H,21,23). The number of carbonyl (C=O) groups excluding carboxylic acids is 1. The largest absolute Gasteiger partial charge is 0.378 e. The molecule has 1 amide bonds. The first-order valence-corrected chi connectivity index (χ1v) is 9.20. The van der Waals surface area contributed by atoms with Gasteiger partial charge in [0.25, 0.3) is 0 Å². The van der Waals surface area contributed by atoms with E-state index in [1.54, 1.807) is 0 Å². The van der Waals surface area contributed by atoms with E-state index in [1.807, 2.05) is 31.2 Å². The molecule has 1 aromatic rings. The predicted octanol–water partition coefficient (Wildman–Crippen LogP) is 3.65. The van der Waals surface area contributed by atoms with Gasteiger partial charge in [0.2, 0.25) is 5.91 Å². The molecule has 1 aromatic carbocycles. The van der Waals surface area contributed by atoms with Crippen molar-refractivity contribution in [2.45, 2.75) is 45.8 Å². The molecule has 1 N–H and O–H groups in total. The molecule has 4 nitrogen and oxygen atoms in total. The molecule has 0 radical (unpaired) electrons. The summed E-state index contributed by atoms with van der Waals surface area (Å²) in [5.74, 6) is 0.641. The fourth-order valence-electron chi connectivity index (χ4n) is 2.89. The van der Waals surface area contributed by atoms with E-state index in [2.05, 4.69) is 24.1 Å². The first-order valence-electron chi connectivity index (χ1n) is 8.83. The maximum absolute atomic E-state index is 12.2. The molecule has 24 heavy (non-hydrogen) atoms. The average molecular weight is 353 g/mol. The Labute approximate surface area is 150 Å². The Hall–Kier alpha value is -1.10. The molecule has 1 unspecified atom stereocenters. The predicted molar refractivity (Wildman–Crippen MR) is 98.3 cm³/mol. The first-order chi connectivity index (χ1) is 11.4. The molecule has 1 aliphatic rings. The number of amides is 1. The van der Waals surface area contributed by atoms with Gasteiger partial charge in [-0.05, 0) is 43.4 Å². The van der Waals surface area contributed by atoms with Crippen LogP contribution < -0.4 is 5.32 Å². The maximum Gasteiger partial charge on any atom is 0.234 e. The molecule has 0 bridgehead atoms. The van der Waals surface area contributed by atoms with Crippen LogP contribution in [0.1, 0.15) is 45.2 Å². The van der Waals surface area contributed by atoms with Crippen LogP contribution in [0.3, 0.4) is 0 Å². The van der Waals surface area contributed by atoms with Crippen LogP contribution >= 0.6 is 11.6 Å². The Morgan fingerprint density at radius 3 is 2.46 bits per heavy atom. The van der Waals surface area contributed by atoms with Crippen LogP contribution in [0.5, 0.6) is 0 Å². The van der Waals surface area contributed by atoms with E-state index in [1.165, 1.54) is 0 Å². The van der Waals surface area contributed by atoms with Gasteiger partial charge < -0.3 is 10.1 Å². The first kappa shape index (κ1) is 19.2. The molecule has 0 aliphatic carbocycles. The summed E-state index contributed by atoms with van der Waals surface area (Å²) in [6, 6.07) is 7.58. The van der Waals surface area contributed by atoms with Gasteiger partial charge >= 0.3 is 0 Å². The van der Waals surface area contributed by atoms with Gasteiger partial charge in [0.1, 0.15) is 0 Å². The monoisotopic (exact) mass is 352 g/mol. The lowest BCUT2D eigenvalue weighted by atomic mass is 10.1. The molecule has 5 heteroatoms. The second-order valence-electron chi connectivity index (χ2n) is 7.04. The molecule has 1 heterocycles. The Morgan fingerprint density at radius 2 is 1.88 bits per heavy atom. The number of hydrogen-bond donors (Lipinski definition) is 1. The van der Waals surface area contributed by atoms with Crippen LogP contribution in [-0.2, 0) is 9.53 Å². The lowest BCUT2D eigenvalue weighted by Gasteiger charge is -2.32. The maximum atomic E-state index is 12.2. The highest BCUT2D eigenvalue weighted by Gasteiger charge is 2.22. The minimum atomic E-state index is -0.0123. The summed E-state index contributed by atoms with van der Waals surface area (Å²) < 4.78 is 5.89. The zero-order valence-electron chi connectivity index (χ0n) is 14.9. The second-order valence-corrected chi connectivity index (χ2v) is 7.48. The van der Waals surface area contributed by atoms with Gasteiger partial charge in [0, 0.05) is 24.7 Å². The van der Waals surface area contributed by atoms with E-state index < -0.39 is 0 Å². The number of ether oxygens (including phenoxy) is 1. The van der Waals surface area contributed by atoms with Crippen molar-refractivity contribution in [2.24, 2.45) is 5.92 Å². The molecule has 0 aromatic heterocycles. The van der Waals surface area contributed by atoms with Gasteiger partial charge in [-0.2, -0.15) is 0 Å². The number of benzene rings is 1. The molecular weight excluding hydrogens is 324 g/mol. The molecule has 134 valence electrons. The van der Waals surface area contributed by atoms with Gasteiger partial charge in [-0.3, -0.25) is 9.69 Å². The van der Waals surface area contributed by atoms with Crippen molar-refractivity contribution in [3.8, 4) is 0 Å². The summed E-state index contributed by atoms with van der Waals surface area (Å²) in [6.45, 7) is 9.45. The van der Waals surface area contributed by atoms with Gasteiger partial charge in [-0.1, -0.05) is 37.6 Å². The van der Waals surface area contributed by atoms with Crippen molar-refractivity contribution in [1.29, 1.82) is 0 Å². The van der Waals surface area contributed by atoms with Gasteiger partial charge in [0.15, 0.2) is 0 Å². The molecular formula is C19H29ClN2O2. The minimum Gasteiger partial charge on any atom is -0.378 e.